The Hall–Kier alpha value is -4.13. The maximum atomic E-state index is 13.1. The Balaban J connectivity index is 1.97. The minimum absolute atomic E-state index is 0.0436. The first-order valence-corrected chi connectivity index (χ1v) is 9.16. The number of ether oxygens (including phenoxy) is 1. The highest BCUT2D eigenvalue weighted by atomic mass is 16.5. The van der Waals surface area contributed by atoms with Gasteiger partial charge in [-0.1, -0.05) is 24.3 Å². The number of carbonyl (C=O) groups excluding carboxylic acids is 2. The van der Waals surface area contributed by atoms with Gasteiger partial charge in [0.15, 0.2) is 0 Å². The van der Waals surface area contributed by atoms with Crippen molar-refractivity contribution in [3.05, 3.63) is 89.8 Å². The number of Topliss-reactive ketones (excluding diaryl/α,β-unsaturated/α-hetero) is 1. The average Bonchev–Trinajstić information content (AvgIpc) is 3.05. The van der Waals surface area contributed by atoms with Gasteiger partial charge in [0, 0.05) is 18.0 Å². The zero-order valence-corrected chi connectivity index (χ0v) is 16.0. The van der Waals surface area contributed by atoms with E-state index >= 15 is 0 Å². The summed E-state index contributed by atoms with van der Waals surface area (Å²) in [6.45, 7) is 0. The van der Waals surface area contributed by atoms with Gasteiger partial charge in [-0.15, -0.1) is 0 Å². The number of nitrogens with zero attached hydrogens (tertiary/aromatic N) is 2. The molecule has 3 aromatic rings. The van der Waals surface area contributed by atoms with Crippen molar-refractivity contribution in [2.75, 3.05) is 12.0 Å². The maximum Gasteiger partial charge on any atom is 0.300 e. The molecular formula is C23H18N2O5. The molecule has 1 aromatic heterocycles. The average molecular weight is 402 g/mol. The number of methoxy groups -OCH3 is 1. The van der Waals surface area contributed by atoms with E-state index in [0.717, 1.165) is 0 Å². The molecule has 0 radical (unpaired) electrons. The number of aromatic nitrogens is 1. The van der Waals surface area contributed by atoms with E-state index in [1.165, 1.54) is 36.5 Å². The Labute approximate surface area is 172 Å². The highest BCUT2D eigenvalue weighted by Gasteiger charge is 2.47. The van der Waals surface area contributed by atoms with E-state index < -0.39 is 17.7 Å². The van der Waals surface area contributed by atoms with Gasteiger partial charge in [0.25, 0.3) is 11.7 Å². The third-order valence-corrected chi connectivity index (χ3v) is 4.95. The number of carbonyl (C=O) groups is 2. The number of hydrogen-bond acceptors (Lipinski definition) is 6. The van der Waals surface area contributed by atoms with Crippen LogP contribution in [0, 0.1) is 0 Å². The molecule has 1 atom stereocenters. The number of phenols is 1. The molecule has 1 unspecified atom stereocenters. The van der Waals surface area contributed by atoms with Gasteiger partial charge in [0.2, 0.25) is 0 Å². The number of anilines is 1. The first-order valence-electron chi connectivity index (χ1n) is 9.16. The lowest BCUT2D eigenvalue weighted by Gasteiger charge is -2.26. The molecule has 2 heterocycles. The predicted molar refractivity (Wildman–Crippen MR) is 110 cm³/mol. The fourth-order valence-electron chi connectivity index (χ4n) is 3.55. The summed E-state index contributed by atoms with van der Waals surface area (Å²) in [5.74, 6) is -1.44. The zero-order chi connectivity index (χ0) is 21.3. The summed E-state index contributed by atoms with van der Waals surface area (Å²) in [7, 11) is 1.47. The number of aliphatic hydroxyl groups is 1. The number of benzene rings is 2. The maximum absolute atomic E-state index is 13.1. The number of aromatic hydroxyl groups is 1. The van der Waals surface area contributed by atoms with Crippen LogP contribution in [0.3, 0.4) is 0 Å². The Morgan fingerprint density at radius 3 is 2.33 bits per heavy atom. The molecule has 7 nitrogen and oxygen atoms in total. The summed E-state index contributed by atoms with van der Waals surface area (Å²) < 4.78 is 5.39. The lowest BCUT2D eigenvalue weighted by molar-refractivity contribution is -0.132. The number of hydrogen-bond donors (Lipinski definition) is 2. The summed E-state index contributed by atoms with van der Waals surface area (Å²) in [5, 5.41) is 20.6. The van der Waals surface area contributed by atoms with E-state index in [9.17, 15) is 19.8 Å². The molecule has 1 amide bonds. The number of amides is 1. The molecule has 0 saturated carbocycles. The SMILES string of the molecule is COc1ccccc1N1C(=O)C(=O)/C(=C(/O)c2ccncc2)C1c1ccc(O)cc1. The summed E-state index contributed by atoms with van der Waals surface area (Å²) in [4.78, 5) is 31.3. The molecule has 0 aliphatic carbocycles. The number of aliphatic hydroxyl groups excluding tert-OH is 1. The molecular weight excluding hydrogens is 384 g/mol. The lowest BCUT2D eigenvalue weighted by atomic mass is 9.95. The van der Waals surface area contributed by atoms with Crippen LogP contribution < -0.4 is 9.64 Å². The molecule has 0 spiro atoms. The van der Waals surface area contributed by atoms with Crippen LogP contribution in [0.2, 0.25) is 0 Å². The van der Waals surface area contributed by atoms with Crippen molar-refractivity contribution in [1.29, 1.82) is 0 Å². The second-order valence-corrected chi connectivity index (χ2v) is 6.67. The second kappa shape index (κ2) is 7.71. The number of ketones is 1. The smallest absolute Gasteiger partial charge is 0.300 e. The Kier molecular flexibility index (Phi) is 4.93. The van der Waals surface area contributed by atoms with E-state index in [0.29, 0.717) is 22.6 Å². The van der Waals surface area contributed by atoms with Crippen LogP contribution in [-0.4, -0.2) is 34.0 Å². The van der Waals surface area contributed by atoms with Crippen molar-refractivity contribution in [3.63, 3.8) is 0 Å². The van der Waals surface area contributed by atoms with Gasteiger partial charge in [-0.05, 0) is 42.0 Å². The normalized spacial score (nSPS) is 17.9. The molecule has 1 saturated heterocycles. The standard InChI is InChI=1S/C23H18N2O5/c1-30-18-5-3-2-4-17(18)25-20(14-6-8-16(26)9-7-14)19(22(28)23(25)29)21(27)15-10-12-24-13-11-15/h2-13,20,26-27H,1H3/b21-19+. The van der Waals surface area contributed by atoms with Crippen LogP contribution in [0.4, 0.5) is 5.69 Å². The first-order chi connectivity index (χ1) is 14.5. The molecule has 2 aromatic carbocycles. The topological polar surface area (TPSA) is 100.0 Å². The number of phenolic OH excluding ortho intramolecular Hbond substituents is 1. The van der Waals surface area contributed by atoms with E-state index in [1.54, 1.807) is 48.5 Å². The molecule has 1 fully saturated rings. The van der Waals surface area contributed by atoms with Crippen LogP contribution in [0.15, 0.2) is 78.6 Å². The quantitative estimate of drug-likeness (QED) is 0.394. The Morgan fingerprint density at radius 1 is 1.00 bits per heavy atom. The predicted octanol–water partition coefficient (Wildman–Crippen LogP) is 3.42. The largest absolute Gasteiger partial charge is 0.508 e. The van der Waals surface area contributed by atoms with Gasteiger partial charge < -0.3 is 14.9 Å². The monoisotopic (exact) mass is 402 g/mol. The fraction of sp³-hybridized carbons (Fsp3) is 0.0870. The van der Waals surface area contributed by atoms with Crippen LogP contribution >= 0.6 is 0 Å². The van der Waals surface area contributed by atoms with Gasteiger partial charge in [-0.2, -0.15) is 0 Å². The molecule has 30 heavy (non-hydrogen) atoms. The molecule has 150 valence electrons. The van der Waals surface area contributed by atoms with E-state index in [2.05, 4.69) is 4.98 Å². The third-order valence-electron chi connectivity index (χ3n) is 4.95. The summed E-state index contributed by atoms with van der Waals surface area (Å²) in [5.41, 5.74) is 1.26. The third kappa shape index (κ3) is 3.16. The van der Waals surface area contributed by atoms with Crippen molar-refractivity contribution < 1.29 is 24.5 Å². The number of rotatable bonds is 4. The highest BCUT2D eigenvalue weighted by molar-refractivity contribution is 6.51. The lowest BCUT2D eigenvalue weighted by Crippen LogP contribution is -2.29. The zero-order valence-electron chi connectivity index (χ0n) is 16.0. The van der Waals surface area contributed by atoms with E-state index in [4.69, 9.17) is 4.74 Å². The van der Waals surface area contributed by atoms with Gasteiger partial charge >= 0.3 is 0 Å². The Bertz CT molecular complexity index is 1140. The van der Waals surface area contributed by atoms with Gasteiger partial charge in [-0.3, -0.25) is 19.5 Å². The van der Waals surface area contributed by atoms with Gasteiger partial charge in [-0.25, -0.2) is 0 Å². The second-order valence-electron chi connectivity index (χ2n) is 6.67. The van der Waals surface area contributed by atoms with Crippen molar-refractivity contribution in [3.8, 4) is 11.5 Å². The highest BCUT2D eigenvalue weighted by Crippen LogP contribution is 2.44. The Morgan fingerprint density at radius 2 is 1.67 bits per heavy atom. The van der Waals surface area contributed by atoms with Crippen LogP contribution in [-0.2, 0) is 9.59 Å². The number of para-hydroxylation sites is 2. The van der Waals surface area contributed by atoms with Crippen LogP contribution in [0.1, 0.15) is 17.2 Å². The fourth-order valence-corrected chi connectivity index (χ4v) is 3.55. The molecule has 0 bridgehead atoms. The molecule has 2 N–H and O–H groups in total. The number of pyridine rings is 1. The minimum atomic E-state index is -0.907. The summed E-state index contributed by atoms with van der Waals surface area (Å²) in [6, 6.07) is 15.2. The summed E-state index contributed by atoms with van der Waals surface area (Å²) in [6.07, 6.45) is 2.97. The van der Waals surface area contributed by atoms with Crippen LogP contribution in [0.25, 0.3) is 5.76 Å². The van der Waals surface area contributed by atoms with E-state index in [-0.39, 0.29) is 17.1 Å². The molecule has 1 aliphatic heterocycles. The van der Waals surface area contributed by atoms with Crippen molar-refractivity contribution in [1.82, 2.24) is 4.98 Å². The van der Waals surface area contributed by atoms with Gasteiger partial charge in [0.05, 0.1) is 24.4 Å². The van der Waals surface area contributed by atoms with Crippen molar-refractivity contribution in [2.24, 2.45) is 0 Å². The van der Waals surface area contributed by atoms with E-state index in [1.807, 2.05) is 0 Å². The molecule has 4 rings (SSSR count). The van der Waals surface area contributed by atoms with Crippen molar-refractivity contribution in [2.45, 2.75) is 6.04 Å². The van der Waals surface area contributed by atoms with Gasteiger partial charge in [0.1, 0.15) is 17.3 Å². The van der Waals surface area contributed by atoms with Crippen molar-refractivity contribution >= 4 is 23.1 Å². The molecule has 7 heteroatoms. The minimum Gasteiger partial charge on any atom is -0.508 e. The molecule has 1 aliphatic rings. The summed E-state index contributed by atoms with van der Waals surface area (Å²) >= 11 is 0. The first kappa shape index (κ1) is 19.2. The van der Waals surface area contributed by atoms with Crippen LogP contribution in [0.5, 0.6) is 11.5 Å².